The fourth-order valence-electron chi connectivity index (χ4n) is 3.09. The molecule has 1 atom stereocenters. The van der Waals surface area contributed by atoms with E-state index in [1.54, 1.807) is 0 Å². The van der Waals surface area contributed by atoms with Gasteiger partial charge >= 0.3 is 0 Å². The summed E-state index contributed by atoms with van der Waals surface area (Å²) in [6.45, 7) is 14.8. The summed E-state index contributed by atoms with van der Waals surface area (Å²) in [5, 5.41) is 12.9. The molecule has 1 aliphatic heterocycles. The highest BCUT2D eigenvalue weighted by Crippen LogP contribution is 2.35. The van der Waals surface area contributed by atoms with Crippen molar-refractivity contribution in [2.24, 2.45) is 4.99 Å². The third kappa shape index (κ3) is 6.16. The molecule has 0 aromatic rings. The Hall–Kier alpha value is -1.66. The second kappa shape index (κ2) is 9.90. The molecule has 0 bridgehead atoms. The summed E-state index contributed by atoms with van der Waals surface area (Å²) in [7, 11) is 0. The van der Waals surface area contributed by atoms with Crippen LogP contribution in [0.3, 0.4) is 0 Å². The largest absolute Gasteiger partial charge is 0.388 e. The molecule has 0 aromatic carbocycles. The van der Waals surface area contributed by atoms with E-state index in [0.29, 0.717) is 18.5 Å². The summed E-state index contributed by atoms with van der Waals surface area (Å²) < 4.78 is 0.892. The Kier molecular flexibility index (Phi) is 8.06. The van der Waals surface area contributed by atoms with Crippen molar-refractivity contribution < 1.29 is 9.90 Å². The van der Waals surface area contributed by atoms with Crippen molar-refractivity contribution in [2.75, 3.05) is 6.54 Å². The molecule has 0 radical (unpaired) electrons. The fraction of sp³-hybridized carbons (Fsp3) is 0.565. The van der Waals surface area contributed by atoms with Gasteiger partial charge in [0.2, 0.25) is 5.91 Å². The number of allylic oxidation sites excluding steroid dienone is 4. The van der Waals surface area contributed by atoms with Gasteiger partial charge in [-0.25, -0.2) is 0 Å². The van der Waals surface area contributed by atoms with Crippen LogP contribution < -0.4 is 5.32 Å². The van der Waals surface area contributed by atoms with E-state index in [1.807, 2.05) is 31.0 Å². The first-order chi connectivity index (χ1) is 13.6. The zero-order valence-corrected chi connectivity index (χ0v) is 19.9. The van der Waals surface area contributed by atoms with E-state index >= 15 is 0 Å². The average molecular weight is 464 g/mol. The maximum Gasteiger partial charge on any atom is 0.247 e. The molecule has 1 aliphatic carbocycles. The van der Waals surface area contributed by atoms with Crippen LogP contribution in [0.1, 0.15) is 66.7 Å². The molecule has 2 rings (SSSR count). The minimum Gasteiger partial charge on any atom is -0.388 e. The maximum absolute atomic E-state index is 12.7. The van der Waals surface area contributed by atoms with Gasteiger partial charge in [0.05, 0.1) is 5.60 Å². The minimum absolute atomic E-state index is 0.115. The Morgan fingerprint density at radius 1 is 1.48 bits per heavy atom. The molecule has 0 aromatic heterocycles. The van der Waals surface area contributed by atoms with Crippen molar-refractivity contribution >= 4 is 27.7 Å². The molecule has 5 nitrogen and oxygen atoms in total. The summed E-state index contributed by atoms with van der Waals surface area (Å²) in [6.07, 6.45) is 7.94. The highest BCUT2D eigenvalue weighted by molar-refractivity contribution is 9.12. The predicted octanol–water partition coefficient (Wildman–Crippen LogP) is 4.95. The Morgan fingerprint density at radius 3 is 2.69 bits per heavy atom. The Labute approximate surface area is 183 Å². The number of amides is 1. The van der Waals surface area contributed by atoms with Crippen LogP contribution in [0.4, 0.5) is 0 Å². The van der Waals surface area contributed by atoms with Crippen LogP contribution >= 0.6 is 15.9 Å². The van der Waals surface area contributed by atoms with Crippen molar-refractivity contribution in [3.05, 3.63) is 45.8 Å². The number of aliphatic imine (C=N–C) groups is 1. The third-order valence-electron chi connectivity index (χ3n) is 5.51. The zero-order chi connectivity index (χ0) is 21.8. The van der Waals surface area contributed by atoms with E-state index in [9.17, 15) is 9.90 Å². The van der Waals surface area contributed by atoms with E-state index in [1.165, 1.54) is 0 Å². The summed E-state index contributed by atoms with van der Waals surface area (Å²) in [5.74, 6) is 0.781. The smallest absolute Gasteiger partial charge is 0.247 e. The number of nitrogens with one attached hydrogen (secondary N) is 1. The first-order valence-corrected chi connectivity index (χ1v) is 11.2. The number of carbonyl (C=O) groups excluding carboxylic acids is 1. The molecule has 2 aliphatic rings. The fourth-order valence-corrected chi connectivity index (χ4v) is 3.71. The van der Waals surface area contributed by atoms with Gasteiger partial charge in [0.25, 0.3) is 0 Å². The monoisotopic (exact) mass is 463 g/mol. The molecule has 1 saturated carbocycles. The van der Waals surface area contributed by atoms with Crippen LogP contribution in [0.2, 0.25) is 0 Å². The van der Waals surface area contributed by atoms with Gasteiger partial charge in [0.1, 0.15) is 5.84 Å². The molecule has 1 fully saturated rings. The number of hydrogen-bond donors (Lipinski definition) is 2. The van der Waals surface area contributed by atoms with Crippen LogP contribution in [0.15, 0.2) is 50.7 Å². The van der Waals surface area contributed by atoms with Crippen LogP contribution in [0.5, 0.6) is 0 Å². The van der Waals surface area contributed by atoms with Crippen LogP contribution in [0, 0.1) is 0 Å². The zero-order valence-electron chi connectivity index (χ0n) is 18.3. The summed E-state index contributed by atoms with van der Waals surface area (Å²) in [6, 6.07) is 0.252. The maximum atomic E-state index is 12.7. The number of halogens is 1. The molecule has 2 N–H and O–H groups in total. The molecule has 1 heterocycles. The van der Waals surface area contributed by atoms with Crippen LogP contribution in [-0.4, -0.2) is 39.9 Å². The highest BCUT2D eigenvalue weighted by atomic mass is 79.9. The first-order valence-electron chi connectivity index (χ1n) is 10.4. The number of hydrogen-bond acceptors (Lipinski definition) is 3. The molecule has 29 heavy (non-hydrogen) atoms. The van der Waals surface area contributed by atoms with Crippen LogP contribution in [0.25, 0.3) is 0 Å². The molecular weight excluding hydrogens is 430 g/mol. The van der Waals surface area contributed by atoms with Gasteiger partial charge in [0.15, 0.2) is 0 Å². The summed E-state index contributed by atoms with van der Waals surface area (Å²) in [4.78, 5) is 19.4. The number of carbonyl (C=O) groups is 1. The Bertz CT molecular complexity index is 788. The van der Waals surface area contributed by atoms with Gasteiger partial charge in [-0.3, -0.25) is 9.79 Å². The topological polar surface area (TPSA) is 64.9 Å². The molecular formula is C23H34BrN3O2. The number of aliphatic hydroxyl groups is 1. The van der Waals surface area contributed by atoms with Gasteiger partial charge < -0.3 is 15.3 Å². The van der Waals surface area contributed by atoms with E-state index < -0.39 is 5.60 Å². The van der Waals surface area contributed by atoms with Gasteiger partial charge in [-0.1, -0.05) is 26.8 Å². The van der Waals surface area contributed by atoms with Crippen molar-refractivity contribution in [3.63, 3.8) is 0 Å². The Balaban J connectivity index is 2.26. The molecule has 1 amide bonds. The van der Waals surface area contributed by atoms with E-state index in [0.717, 1.165) is 52.8 Å². The summed E-state index contributed by atoms with van der Waals surface area (Å²) >= 11 is 3.67. The molecule has 6 heteroatoms. The first kappa shape index (κ1) is 23.6. The van der Waals surface area contributed by atoms with Crippen molar-refractivity contribution in [3.8, 4) is 0 Å². The predicted molar refractivity (Wildman–Crippen MR) is 124 cm³/mol. The standard InChI is InChI=1S/C23H34BrN3O2/c1-7-9-19(22(28)25-14-23(29)10-11-23)12-20-16(4)17(5)27(13-21(20)24)18(6)26-15(3)8-2/h12-13,15,29H,5,7-11,14H2,1-4,6H3,(H,25,28)/b19-12+,26-18-. The van der Waals surface area contributed by atoms with Crippen molar-refractivity contribution in [2.45, 2.75) is 78.4 Å². The normalized spacial score (nSPS) is 20.6. The lowest BCUT2D eigenvalue weighted by molar-refractivity contribution is -0.118. The second-order valence-corrected chi connectivity index (χ2v) is 8.95. The third-order valence-corrected chi connectivity index (χ3v) is 6.14. The minimum atomic E-state index is -0.700. The average Bonchev–Trinajstić information content (AvgIpc) is 3.42. The lowest BCUT2D eigenvalue weighted by Gasteiger charge is -2.30. The second-order valence-electron chi connectivity index (χ2n) is 8.09. The molecule has 1 unspecified atom stereocenters. The van der Waals surface area contributed by atoms with Gasteiger partial charge in [-0.05, 0) is 79.6 Å². The van der Waals surface area contributed by atoms with Crippen LogP contribution in [-0.2, 0) is 4.79 Å². The number of nitrogens with zero attached hydrogens (tertiary/aromatic N) is 2. The molecule has 0 saturated heterocycles. The number of amidine groups is 1. The van der Waals surface area contributed by atoms with E-state index in [4.69, 9.17) is 4.99 Å². The van der Waals surface area contributed by atoms with Gasteiger partial charge in [0, 0.05) is 34.5 Å². The molecule has 160 valence electrons. The Morgan fingerprint density at radius 2 is 2.14 bits per heavy atom. The lowest BCUT2D eigenvalue weighted by atomic mass is 9.98. The molecule has 0 spiro atoms. The van der Waals surface area contributed by atoms with Gasteiger partial charge in [-0.2, -0.15) is 0 Å². The summed E-state index contributed by atoms with van der Waals surface area (Å²) in [5.41, 5.74) is 2.82. The van der Waals surface area contributed by atoms with Gasteiger partial charge in [-0.15, -0.1) is 0 Å². The lowest BCUT2D eigenvalue weighted by Crippen LogP contribution is -2.34. The SMILES string of the molecule is C=C1C(C)=C(/C=C(\CCC)C(=O)NCC2(O)CC2)C(Br)=CN1/C(C)=N\C(C)CC. The van der Waals surface area contributed by atoms with Crippen molar-refractivity contribution in [1.82, 2.24) is 10.2 Å². The van der Waals surface area contributed by atoms with E-state index in [2.05, 4.69) is 48.6 Å². The highest BCUT2D eigenvalue weighted by Gasteiger charge is 2.40. The quantitative estimate of drug-likeness (QED) is 0.303. The van der Waals surface area contributed by atoms with E-state index in [-0.39, 0.29) is 11.9 Å². The number of rotatable bonds is 8. The van der Waals surface area contributed by atoms with Crippen molar-refractivity contribution in [1.29, 1.82) is 0 Å².